The monoisotopic (exact) mass is 223 g/mol. The number of anilines is 1. The van der Waals surface area contributed by atoms with Crippen molar-refractivity contribution in [1.29, 1.82) is 5.26 Å². The summed E-state index contributed by atoms with van der Waals surface area (Å²) in [5.41, 5.74) is 7.90. The molecule has 17 heavy (non-hydrogen) atoms. The van der Waals surface area contributed by atoms with E-state index in [4.69, 9.17) is 15.4 Å². The van der Waals surface area contributed by atoms with E-state index in [0.29, 0.717) is 11.3 Å². The van der Waals surface area contributed by atoms with Crippen molar-refractivity contribution in [1.82, 2.24) is 4.98 Å². The number of hydrogen-bond acceptors (Lipinski definition) is 3. The van der Waals surface area contributed by atoms with Gasteiger partial charge in [0, 0.05) is 28.7 Å². The molecular weight excluding hydrogens is 214 g/mol. The van der Waals surface area contributed by atoms with Crippen molar-refractivity contribution in [3.05, 3.63) is 42.1 Å². The van der Waals surface area contributed by atoms with E-state index in [-0.39, 0.29) is 5.88 Å². The van der Waals surface area contributed by atoms with Gasteiger partial charge >= 0.3 is 0 Å². The van der Waals surface area contributed by atoms with Crippen molar-refractivity contribution in [2.45, 2.75) is 0 Å². The maximum absolute atomic E-state index is 8.84. The summed E-state index contributed by atoms with van der Waals surface area (Å²) in [5, 5.41) is 9.89. The minimum Gasteiger partial charge on any atom is -0.439 e. The van der Waals surface area contributed by atoms with Gasteiger partial charge in [-0.3, -0.25) is 0 Å². The fourth-order valence-electron chi connectivity index (χ4n) is 1.90. The van der Waals surface area contributed by atoms with Crippen LogP contribution >= 0.6 is 0 Å². The summed E-state index contributed by atoms with van der Waals surface area (Å²) < 4.78 is 5.39. The highest BCUT2D eigenvalue weighted by atomic mass is 16.4. The first-order chi connectivity index (χ1) is 8.29. The van der Waals surface area contributed by atoms with Gasteiger partial charge in [0.2, 0.25) is 5.88 Å². The normalized spacial score (nSPS) is 10.5. The average Bonchev–Trinajstić information content (AvgIpc) is 2.92. The molecule has 3 rings (SSSR count). The molecule has 0 atom stereocenters. The molecule has 0 fully saturated rings. The zero-order valence-corrected chi connectivity index (χ0v) is 8.90. The van der Waals surface area contributed by atoms with E-state index < -0.39 is 0 Å². The van der Waals surface area contributed by atoms with Crippen molar-refractivity contribution in [2.24, 2.45) is 0 Å². The number of hydrogen-bond donors (Lipinski definition) is 2. The lowest BCUT2D eigenvalue weighted by Gasteiger charge is -1.93. The Morgan fingerprint density at radius 1 is 1.29 bits per heavy atom. The lowest BCUT2D eigenvalue weighted by Crippen LogP contribution is -1.82. The molecular formula is C13H9N3O. The molecule has 0 unspecified atom stereocenters. The van der Waals surface area contributed by atoms with Gasteiger partial charge in [-0.25, -0.2) is 0 Å². The third kappa shape index (κ3) is 1.37. The number of nitrogen functional groups attached to an aromatic ring is 1. The lowest BCUT2D eigenvalue weighted by molar-refractivity contribution is 0.603. The molecule has 0 amide bonds. The molecule has 0 spiro atoms. The largest absolute Gasteiger partial charge is 0.439 e. The van der Waals surface area contributed by atoms with Crippen molar-refractivity contribution in [2.75, 3.05) is 5.73 Å². The van der Waals surface area contributed by atoms with Gasteiger partial charge in [0.15, 0.2) is 0 Å². The molecule has 4 heteroatoms. The molecule has 1 aromatic carbocycles. The van der Waals surface area contributed by atoms with Crippen LogP contribution in [0.25, 0.3) is 22.2 Å². The smallest absolute Gasteiger partial charge is 0.208 e. The van der Waals surface area contributed by atoms with E-state index in [1.54, 1.807) is 6.07 Å². The maximum Gasteiger partial charge on any atom is 0.208 e. The first-order valence-electron chi connectivity index (χ1n) is 5.15. The summed E-state index contributed by atoms with van der Waals surface area (Å²) >= 11 is 0. The Balaban J connectivity index is 2.24. The molecule has 0 bridgehead atoms. The molecule has 3 N–H and O–H groups in total. The van der Waals surface area contributed by atoms with Crippen LogP contribution in [0.5, 0.6) is 0 Å². The van der Waals surface area contributed by atoms with E-state index in [1.807, 2.05) is 36.5 Å². The van der Waals surface area contributed by atoms with Gasteiger partial charge in [-0.15, -0.1) is 0 Å². The predicted octanol–water partition coefficient (Wildman–Crippen LogP) is 2.88. The first kappa shape index (κ1) is 9.55. The molecule has 3 aromatic rings. The summed E-state index contributed by atoms with van der Waals surface area (Å²) in [6.45, 7) is 0. The predicted molar refractivity (Wildman–Crippen MR) is 65.1 cm³/mol. The van der Waals surface area contributed by atoms with Crippen molar-refractivity contribution < 1.29 is 4.42 Å². The van der Waals surface area contributed by atoms with Gasteiger partial charge in [0.25, 0.3) is 0 Å². The van der Waals surface area contributed by atoms with Crippen LogP contribution < -0.4 is 5.73 Å². The highest BCUT2D eigenvalue weighted by Crippen LogP contribution is 2.32. The number of H-pyrrole nitrogens is 1. The second-order valence-electron chi connectivity index (χ2n) is 3.75. The minimum atomic E-state index is 0.160. The van der Waals surface area contributed by atoms with Gasteiger partial charge in [-0.05, 0) is 6.07 Å². The number of furan rings is 1. The van der Waals surface area contributed by atoms with Crippen LogP contribution in [0.2, 0.25) is 0 Å². The number of aromatic amines is 1. The topological polar surface area (TPSA) is 78.7 Å². The Labute approximate surface area is 97.3 Å². The summed E-state index contributed by atoms with van der Waals surface area (Å²) in [6, 6.07) is 11.5. The molecule has 2 heterocycles. The van der Waals surface area contributed by atoms with Crippen LogP contribution in [0, 0.1) is 11.3 Å². The lowest BCUT2D eigenvalue weighted by atomic mass is 10.1. The third-order valence-corrected chi connectivity index (χ3v) is 2.74. The molecule has 0 aliphatic rings. The number of benzene rings is 1. The Kier molecular flexibility index (Phi) is 1.92. The SMILES string of the molecule is N#Cc1cc(-c2c[nH]c3ccccc23)oc1N. The van der Waals surface area contributed by atoms with Crippen LogP contribution in [0.1, 0.15) is 5.56 Å². The number of nitriles is 1. The van der Waals surface area contributed by atoms with Gasteiger partial charge in [0.1, 0.15) is 17.4 Å². The van der Waals surface area contributed by atoms with Gasteiger partial charge in [-0.2, -0.15) is 5.26 Å². The number of nitrogens with two attached hydrogens (primary N) is 1. The van der Waals surface area contributed by atoms with Gasteiger partial charge < -0.3 is 15.1 Å². The van der Waals surface area contributed by atoms with Crippen LogP contribution in [-0.2, 0) is 0 Å². The molecule has 0 saturated carbocycles. The second kappa shape index (κ2) is 3.42. The van der Waals surface area contributed by atoms with E-state index in [9.17, 15) is 0 Å². The number of aromatic nitrogens is 1. The summed E-state index contributed by atoms with van der Waals surface area (Å²) in [7, 11) is 0. The van der Waals surface area contributed by atoms with Gasteiger partial charge in [0.05, 0.1) is 0 Å². The quantitative estimate of drug-likeness (QED) is 0.665. The van der Waals surface area contributed by atoms with Crippen LogP contribution in [-0.4, -0.2) is 4.98 Å². The molecule has 0 aliphatic heterocycles. The first-order valence-corrected chi connectivity index (χ1v) is 5.15. The summed E-state index contributed by atoms with van der Waals surface area (Å²) in [4.78, 5) is 3.15. The van der Waals surface area contributed by atoms with Gasteiger partial charge in [-0.1, -0.05) is 18.2 Å². The fourth-order valence-corrected chi connectivity index (χ4v) is 1.90. The van der Waals surface area contributed by atoms with E-state index >= 15 is 0 Å². The van der Waals surface area contributed by atoms with E-state index in [0.717, 1.165) is 16.5 Å². The zero-order valence-electron chi connectivity index (χ0n) is 8.90. The molecule has 0 aliphatic carbocycles. The molecule has 82 valence electrons. The summed E-state index contributed by atoms with van der Waals surface area (Å²) in [5.74, 6) is 0.768. The molecule has 0 radical (unpaired) electrons. The maximum atomic E-state index is 8.84. The third-order valence-electron chi connectivity index (χ3n) is 2.74. The average molecular weight is 223 g/mol. The number of para-hydroxylation sites is 1. The highest BCUT2D eigenvalue weighted by molar-refractivity contribution is 5.94. The van der Waals surface area contributed by atoms with E-state index in [2.05, 4.69) is 4.98 Å². The highest BCUT2D eigenvalue weighted by Gasteiger charge is 2.12. The number of nitrogens with one attached hydrogen (secondary N) is 1. The van der Waals surface area contributed by atoms with Crippen LogP contribution in [0.15, 0.2) is 40.9 Å². The minimum absolute atomic E-state index is 0.160. The Hall–Kier alpha value is -2.67. The van der Waals surface area contributed by atoms with E-state index in [1.165, 1.54) is 0 Å². The van der Waals surface area contributed by atoms with Crippen LogP contribution in [0.4, 0.5) is 5.88 Å². The molecule has 4 nitrogen and oxygen atoms in total. The molecule has 0 saturated heterocycles. The van der Waals surface area contributed by atoms with Crippen molar-refractivity contribution >= 4 is 16.8 Å². The number of fused-ring (bicyclic) bond motifs is 1. The Morgan fingerprint density at radius 3 is 2.88 bits per heavy atom. The Morgan fingerprint density at radius 2 is 2.12 bits per heavy atom. The number of nitrogens with zero attached hydrogens (tertiary/aromatic N) is 1. The van der Waals surface area contributed by atoms with Crippen molar-refractivity contribution in [3.8, 4) is 17.4 Å². The zero-order chi connectivity index (χ0) is 11.8. The summed E-state index contributed by atoms with van der Waals surface area (Å²) in [6.07, 6.45) is 1.85. The second-order valence-corrected chi connectivity index (χ2v) is 3.75. The standard InChI is InChI=1S/C13H9N3O/c14-6-8-5-12(17-13(8)15)10-7-16-11-4-2-1-3-9(10)11/h1-5,7,16H,15H2. The molecule has 2 aromatic heterocycles. The Bertz CT molecular complexity index is 731. The fraction of sp³-hybridized carbons (Fsp3) is 0. The number of rotatable bonds is 1. The van der Waals surface area contributed by atoms with Crippen LogP contribution in [0.3, 0.4) is 0 Å². The van der Waals surface area contributed by atoms with Crippen molar-refractivity contribution in [3.63, 3.8) is 0 Å².